The first-order chi connectivity index (χ1) is 8.69. The minimum Gasteiger partial charge on any atom is -0.449 e. The van der Waals surface area contributed by atoms with Crippen LogP contribution < -0.4 is 0 Å². The van der Waals surface area contributed by atoms with Gasteiger partial charge in [0.1, 0.15) is 6.26 Å². The van der Waals surface area contributed by atoms with Gasteiger partial charge in [-0.05, 0) is 39.2 Å². The van der Waals surface area contributed by atoms with Gasteiger partial charge in [0, 0.05) is 32.0 Å². The smallest absolute Gasteiger partial charge is 0.194 e. The molecule has 1 aliphatic rings. The van der Waals surface area contributed by atoms with Gasteiger partial charge in [0.15, 0.2) is 5.89 Å². The maximum absolute atomic E-state index is 8.86. The summed E-state index contributed by atoms with van der Waals surface area (Å²) in [4.78, 5) is 6.95. The molecule has 1 aliphatic heterocycles. The van der Waals surface area contributed by atoms with Crippen molar-refractivity contribution in [3.63, 3.8) is 0 Å². The van der Waals surface area contributed by atoms with Gasteiger partial charge in [0.2, 0.25) is 0 Å². The maximum Gasteiger partial charge on any atom is 0.194 e. The molecule has 1 unspecified atom stereocenters. The van der Waals surface area contributed by atoms with Gasteiger partial charge in [-0.25, -0.2) is 4.98 Å². The molecule has 4 nitrogen and oxygen atoms in total. The molecule has 0 aromatic carbocycles. The molecule has 1 fully saturated rings. The number of hydrogen-bond acceptors (Lipinski definition) is 4. The van der Waals surface area contributed by atoms with Gasteiger partial charge in [-0.3, -0.25) is 0 Å². The van der Waals surface area contributed by atoms with Gasteiger partial charge in [0.05, 0.1) is 5.69 Å². The third kappa shape index (κ3) is 3.56. The SMILES string of the molecule is CC(C)N1CCCC(Cc2nc(CCO)co2)C1. The van der Waals surface area contributed by atoms with Crippen molar-refractivity contribution >= 4 is 0 Å². The maximum atomic E-state index is 8.86. The van der Waals surface area contributed by atoms with Crippen LogP contribution in [0.15, 0.2) is 10.7 Å². The van der Waals surface area contributed by atoms with Crippen LogP contribution in [0.4, 0.5) is 0 Å². The number of aliphatic hydroxyl groups is 1. The van der Waals surface area contributed by atoms with Crippen molar-refractivity contribution in [2.45, 2.75) is 45.6 Å². The second kappa shape index (κ2) is 6.34. The van der Waals surface area contributed by atoms with Crippen LogP contribution in [0.2, 0.25) is 0 Å². The zero-order valence-corrected chi connectivity index (χ0v) is 11.4. The lowest BCUT2D eigenvalue weighted by atomic mass is 9.94. The standard InChI is InChI=1S/C14H24N2O2/c1-11(2)16-6-3-4-12(9-16)8-14-15-13(5-7-17)10-18-14/h10-12,17H,3-9H2,1-2H3. The summed E-state index contributed by atoms with van der Waals surface area (Å²) in [6.07, 6.45) is 5.73. The molecule has 2 heterocycles. The fourth-order valence-electron chi connectivity index (χ4n) is 2.65. The third-order valence-electron chi connectivity index (χ3n) is 3.71. The topological polar surface area (TPSA) is 49.5 Å². The van der Waals surface area contributed by atoms with E-state index in [1.165, 1.54) is 19.4 Å². The predicted octanol–water partition coefficient (Wildman–Crippen LogP) is 1.87. The molecule has 102 valence electrons. The van der Waals surface area contributed by atoms with E-state index < -0.39 is 0 Å². The average molecular weight is 252 g/mol. The minimum absolute atomic E-state index is 0.135. The van der Waals surface area contributed by atoms with Crippen molar-refractivity contribution in [1.29, 1.82) is 0 Å². The molecule has 0 bridgehead atoms. The number of oxazole rings is 1. The Labute approximate surface area is 109 Å². The number of hydrogen-bond donors (Lipinski definition) is 1. The van der Waals surface area contributed by atoms with Crippen molar-refractivity contribution in [3.8, 4) is 0 Å². The second-order valence-electron chi connectivity index (χ2n) is 5.51. The first-order valence-corrected chi connectivity index (χ1v) is 6.97. The van der Waals surface area contributed by atoms with E-state index in [-0.39, 0.29) is 6.61 Å². The summed E-state index contributed by atoms with van der Waals surface area (Å²) in [5.74, 6) is 1.48. The van der Waals surface area contributed by atoms with Crippen LogP contribution in [-0.4, -0.2) is 40.7 Å². The minimum atomic E-state index is 0.135. The van der Waals surface area contributed by atoms with Crippen LogP contribution in [0.3, 0.4) is 0 Å². The number of aliphatic hydroxyl groups excluding tert-OH is 1. The second-order valence-corrected chi connectivity index (χ2v) is 5.51. The summed E-state index contributed by atoms with van der Waals surface area (Å²) in [7, 11) is 0. The van der Waals surface area contributed by atoms with E-state index in [2.05, 4.69) is 23.7 Å². The lowest BCUT2D eigenvalue weighted by molar-refractivity contribution is 0.136. The lowest BCUT2D eigenvalue weighted by Crippen LogP contribution is -2.40. The summed E-state index contributed by atoms with van der Waals surface area (Å²) >= 11 is 0. The Bertz CT molecular complexity index is 362. The summed E-state index contributed by atoms with van der Waals surface area (Å²) in [5, 5.41) is 8.86. The fraction of sp³-hybridized carbons (Fsp3) is 0.786. The zero-order valence-electron chi connectivity index (χ0n) is 11.4. The molecule has 1 N–H and O–H groups in total. The van der Waals surface area contributed by atoms with Gasteiger partial charge in [-0.1, -0.05) is 0 Å². The number of piperidine rings is 1. The van der Waals surface area contributed by atoms with Crippen molar-refractivity contribution in [1.82, 2.24) is 9.88 Å². The highest BCUT2D eigenvalue weighted by Crippen LogP contribution is 2.22. The molecule has 0 aliphatic carbocycles. The number of likely N-dealkylation sites (tertiary alicyclic amines) is 1. The molecule has 1 saturated heterocycles. The molecule has 4 heteroatoms. The first-order valence-electron chi connectivity index (χ1n) is 6.97. The van der Waals surface area contributed by atoms with Crippen LogP contribution in [-0.2, 0) is 12.8 Å². The number of rotatable bonds is 5. The predicted molar refractivity (Wildman–Crippen MR) is 70.4 cm³/mol. The van der Waals surface area contributed by atoms with E-state index >= 15 is 0 Å². The monoisotopic (exact) mass is 252 g/mol. The third-order valence-corrected chi connectivity index (χ3v) is 3.71. The molecule has 0 spiro atoms. The highest BCUT2D eigenvalue weighted by molar-refractivity contribution is 4.98. The van der Waals surface area contributed by atoms with Crippen molar-refractivity contribution in [2.24, 2.45) is 5.92 Å². The van der Waals surface area contributed by atoms with E-state index in [0.717, 1.165) is 24.6 Å². The van der Waals surface area contributed by atoms with Gasteiger partial charge in [0.25, 0.3) is 0 Å². The Morgan fingerprint density at radius 2 is 2.39 bits per heavy atom. The molecule has 0 radical (unpaired) electrons. The van der Waals surface area contributed by atoms with E-state index in [1.807, 2.05) is 0 Å². The van der Waals surface area contributed by atoms with E-state index in [0.29, 0.717) is 18.4 Å². The van der Waals surface area contributed by atoms with E-state index in [9.17, 15) is 0 Å². The number of aromatic nitrogens is 1. The Morgan fingerprint density at radius 1 is 1.56 bits per heavy atom. The first kappa shape index (κ1) is 13.6. The Morgan fingerprint density at radius 3 is 3.11 bits per heavy atom. The summed E-state index contributed by atoms with van der Waals surface area (Å²) < 4.78 is 5.47. The van der Waals surface area contributed by atoms with Crippen molar-refractivity contribution in [2.75, 3.05) is 19.7 Å². The Kier molecular flexibility index (Phi) is 4.78. The molecule has 18 heavy (non-hydrogen) atoms. The average Bonchev–Trinajstić information content (AvgIpc) is 2.77. The van der Waals surface area contributed by atoms with Crippen LogP contribution in [0.25, 0.3) is 0 Å². The lowest BCUT2D eigenvalue weighted by Gasteiger charge is -2.35. The van der Waals surface area contributed by atoms with Gasteiger partial charge >= 0.3 is 0 Å². The Hall–Kier alpha value is -0.870. The molecule has 1 atom stereocenters. The zero-order chi connectivity index (χ0) is 13.0. The molecule has 2 rings (SSSR count). The van der Waals surface area contributed by atoms with Crippen LogP contribution in [0.5, 0.6) is 0 Å². The van der Waals surface area contributed by atoms with Gasteiger partial charge in [-0.15, -0.1) is 0 Å². The summed E-state index contributed by atoms with van der Waals surface area (Å²) in [6, 6.07) is 0.627. The normalized spacial score (nSPS) is 21.7. The molecular formula is C14H24N2O2. The highest BCUT2D eigenvalue weighted by atomic mass is 16.3. The summed E-state index contributed by atoms with van der Waals surface area (Å²) in [5.41, 5.74) is 0.865. The quantitative estimate of drug-likeness (QED) is 0.869. The van der Waals surface area contributed by atoms with E-state index in [4.69, 9.17) is 9.52 Å². The molecule has 1 aromatic heterocycles. The molecule has 0 saturated carbocycles. The molecule has 0 amide bonds. The Balaban J connectivity index is 1.87. The molecular weight excluding hydrogens is 228 g/mol. The van der Waals surface area contributed by atoms with Crippen LogP contribution in [0, 0.1) is 5.92 Å². The van der Waals surface area contributed by atoms with Crippen LogP contribution >= 0.6 is 0 Å². The van der Waals surface area contributed by atoms with Crippen molar-refractivity contribution in [3.05, 3.63) is 17.8 Å². The fourth-order valence-corrected chi connectivity index (χ4v) is 2.65. The van der Waals surface area contributed by atoms with E-state index in [1.54, 1.807) is 6.26 Å². The largest absolute Gasteiger partial charge is 0.449 e. The summed E-state index contributed by atoms with van der Waals surface area (Å²) in [6.45, 7) is 7.02. The number of nitrogens with zero attached hydrogens (tertiary/aromatic N) is 2. The molecule has 1 aromatic rings. The van der Waals surface area contributed by atoms with Gasteiger partial charge < -0.3 is 14.4 Å². The van der Waals surface area contributed by atoms with Crippen molar-refractivity contribution < 1.29 is 9.52 Å². The van der Waals surface area contributed by atoms with Gasteiger partial charge in [-0.2, -0.15) is 0 Å². The van der Waals surface area contributed by atoms with Crippen LogP contribution in [0.1, 0.15) is 38.3 Å². The highest BCUT2D eigenvalue weighted by Gasteiger charge is 2.23.